The van der Waals surface area contributed by atoms with Crippen molar-refractivity contribution < 1.29 is 14.3 Å². The molecular weight excluding hydrogens is 313 g/mol. The number of aromatic nitrogens is 2. The first kappa shape index (κ1) is 15.7. The molecule has 2 aromatic carbocycles. The number of amides is 1. The number of halogens is 1. The van der Waals surface area contributed by atoms with E-state index < -0.39 is 23.5 Å². The Morgan fingerprint density at radius 3 is 2.58 bits per heavy atom. The molecule has 0 aliphatic rings. The normalized spacial score (nSPS) is 12.1. The highest BCUT2D eigenvalue weighted by atomic mass is 19.1. The molecule has 0 saturated heterocycles. The SMILES string of the molecule is CC(NC(=O)O)c1nc2cccc(F)c2c(=O)n1-c1ccccc1. The summed E-state index contributed by atoms with van der Waals surface area (Å²) < 4.78 is 15.4. The maximum atomic E-state index is 14.1. The van der Waals surface area contributed by atoms with Crippen LogP contribution in [-0.2, 0) is 0 Å². The smallest absolute Gasteiger partial charge is 0.405 e. The number of nitrogens with zero attached hydrogens (tertiary/aromatic N) is 2. The third-order valence-corrected chi connectivity index (χ3v) is 3.61. The van der Waals surface area contributed by atoms with Crippen molar-refractivity contribution >= 4 is 17.0 Å². The Bertz CT molecular complexity index is 970. The molecule has 3 rings (SSSR count). The van der Waals surface area contributed by atoms with Gasteiger partial charge in [-0.05, 0) is 31.2 Å². The molecule has 1 amide bonds. The molecular formula is C17H14FN3O3. The summed E-state index contributed by atoms with van der Waals surface area (Å²) in [5, 5.41) is 11.1. The number of nitrogens with one attached hydrogen (secondary N) is 1. The molecule has 0 saturated carbocycles. The minimum absolute atomic E-state index is 0.132. The Hall–Kier alpha value is -3.22. The van der Waals surface area contributed by atoms with Crippen LogP contribution in [0.4, 0.5) is 9.18 Å². The van der Waals surface area contributed by atoms with Gasteiger partial charge in [0.2, 0.25) is 0 Å². The third-order valence-electron chi connectivity index (χ3n) is 3.61. The third kappa shape index (κ3) is 2.71. The summed E-state index contributed by atoms with van der Waals surface area (Å²) in [4.78, 5) is 28.1. The van der Waals surface area contributed by atoms with E-state index in [9.17, 15) is 14.0 Å². The first-order valence-electron chi connectivity index (χ1n) is 7.25. The molecule has 24 heavy (non-hydrogen) atoms. The lowest BCUT2D eigenvalue weighted by Crippen LogP contribution is -2.32. The number of para-hydroxylation sites is 1. The fourth-order valence-corrected chi connectivity index (χ4v) is 2.57. The number of carbonyl (C=O) groups is 1. The fraction of sp³-hybridized carbons (Fsp3) is 0.118. The molecule has 3 aromatic rings. The van der Waals surface area contributed by atoms with E-state index in [0.717, 1.165) is 0 Å². The van der Waals surface area contributed by atoms with E-state index in [4.69, 9.17) is 5.11 Å². The van der Waals surface area contributed by atoms with E-state index in [0.29, 0.717) is 5.69 Å². The summed E-state index contributed by atoms with van der Waals surface area (Å²) in [5.74, 6) is -0.480. The minimum atomic E-state index is -1.24. The van der Waals surface area contributed by atoms with Gasteiger partial charge < -0.3 is 10.4 Å². The molecule has 1 aromatic heterocycles. The maximum absolute atomic E-state index is 14.1. The lowest BCUT2D eigenvalue weighted by atomic mass is 10.2. The highest BCUT2D eigenvalue weighted by Gasteiger charge is 2.20. The van der Waals surface area contributed by atoms with Gasteiger partial charge in [0, 0.05) is 0 Å². The minimum Gasteiger partial charge on any atom is -0.465 e. The van der Waals surface area contributed by atoms with Crippen molar-refractivity contribution in [1.29, 1.82) is 0 Å². The Morgan fingerprint density at radius 1 is 1.21 bits per heavy atom. The molecule has 0 fully saturated rings. The molecule has 0 spiro atoms. The number of rotatable bonds is 3. The lowest BCUT2D eigenvalue weighted by molar-refractivity contribution is 0.190. The molecule has 0 radical (unpaired) electrons. The summed E-state index contributed by atoms with van der Waals surface area (Å²) in [5.41, 5.74) is 0.0775. The van der Waals surface area contributed by atoms with E-state index in [-0.39, 0.29) is 16.7 Å². The average Bonchev–Trinajstić information content (AvgIpc) is 2.54. The second-order valence-electron chi connectivity index (χ2n) is 5.25. The Kier molecular flexibility index (Phi) is 3.99. The Morgan fingerprint density at radius 2 is 1.92 bits per heavy atom. The fourth-order valence-electron chi connectivity index (χ4n) is 2.57. The maximum Gasteiger partial charge on any atom is 0.405 e. The van der Waals surface area contributed by atoms with Gasteiger partial charge >= 0.3 is 6.09 Å². The molecule has 1 heterocycles. The second-order valence-corrected chi connectivity index (χ2v) is 5.25. The van der Waals surface area contributed by atoms with Crippen LogP contribution in [0.2, 0.25) is 0 Å². The summed E-state index contributed by atoms with van der Waals surface area (Å²) in [6.45, 7) is 1.57. The van der Waals surface area contributed by atoms with Crippen molar-refractivity contribution in [3.05, 3.63) is 70.5 Å². The molecule has 0 bridgehead atoms. The van der Waals surface area contributed by atoms with Crippen molar-refractivity contribution in [3.63, 3.8) is 0 Å². The van der Waals surface area contributed by atoms with E-state index >= 15 is 0 Å². The zero-order valence-electron chi connectivity index (χ0n) is 12.7. The first-order valence-corrected chi connectivity index (χ1v) is 7.25. The van der Waals surface area contributed by atoms with E-state index in [1.165, 1.54) is 22.8 Å². The first-order chi connectivity index (χ1) is 11.5. The molecule has 2 N–H and O–H groups in total. The van der Waals surface area contributed by atoms with Gasteiger partial charge in [-0.25, -0.2) is 14.2 Å². The van der Waals surface area contributed by atoms with E-state index in [1.807, 2.05) is 0 Å². The van der Waals surface area contributed by atoms with Crippen LogP contribution in [0.15, 0.2) is 53.3 Å². The summed E-state index contributed by atoms with van der Waals surface area (Å²) >= 11 is 0. The number of fused-ring (bicyclic) bond motifs is 1. The van der Waals surface area contributed by atoms with Crippen molar-refractivity contribution in [2.45, 2.75) is 13.0 Å². The van der Waals surface area contributed by atoms with Crippen LogP contribution in [-0.4, -0.2) is 20.8 Å². The van der Waals surface area contributed by atoms with Gasteiger partial charge in [-0.3, -0.25) is 9.36 Å². The van der Waals surface area contributed by atoms with Gasteiger partial charge in [-0.15, -0.1) is 0 Å². The van der Waals surface area contributed by atoms with Gasteiger partial charge in [0.25, 0.3) is 5.56 Å². The average molecular weight is 327 g/mol. The highest BCUT2D eigenvalue weighted by Crippen LogP contribution is 2.19. The summed E-state index contributed by atoms with van der Waals surface area (Å²) in [7, 11) is 0. The standard InChI is InChI=1S/C17H14FN3O3/c1-10(19-17(23)24)15-20-13-9-5-8-12(18)14(13)16(22)21(15)11-6-3-2-4-7-11/h2-10,19H,1H3,(H,23,24). The van der Waals surface area contributed by atoms with Crippen LogP contribution in [0.5, 0.6) is 0 Å². The van der Waals surface area contributed by atoms with Crippen LogP contribution in [0.3, 0.4) is 0 Å². The predicted octanol–water partition coefficient (Wildman–Crippen LogP) is 2.85. The van der Waals surface area contributed by atoms with E-state index in [2.05, 4.69) is 10.3 Å². The molecule has 1 atom stereocenters. The van der Waals surface area contributed by atoms with Gasteiger partial charge in [0.1, 0.15) is 17.0 Å². The van der Waals surface area contributed by atoms with Crippen molar-refractivity contribution in [3.8, 4) is 5.69 Å². The molecule has 6 nitrogen and oxygen atoms in total. The van der Waals surface area contributed by atoms with Gasteiger partial charge in [-0.2, -0.15) is 0 Å². The van der Waals surface area contributed by atoms with Crippen LogP contribution in [0.1, 0.15) is 18.8 Å². The summed E-state index contributed by atoms with van der Waals surface area (Å²) in [6, 6.07) is 12.0. The largest absolute Gasteiger partial charge is 0.465 e. The van der Waals surface area contributed by atoms with Crippen molar-refractivity contribution in [2.24, 2.45) is 0 Å². The molecule has 1 unspecified atom stereocenters. The van der Waals surface area contributed by atoms with Crippen LogP contribution >= 0.6 is 0 Å². The Labute approximate surface area is 136 Å². The Balaban J connectivity index is 2.37. The number of benzene rings is 2. The van der Waals surface area contributed by atoms with Crippen LogP contribution < -0.4 is 10.9 Å². The number of hydrogen-bond donors (Lipinski definition) is 2. The van der Waals surface area contributed by atoms with Gasteiger partial charge in [-0.1, -0.05) is 24.3 Å². The zero-order chi connectivity index (χ0) is 17.3. The molecule has 0 aliphatic carbocycles. The van der Waals surface area contributed by atoms with Crippen molar-refractivity contribution in [1.82, 2.24) is 14.9 Å². The molecule has 7 heteroatoms. The number of hydrogen-bond acceptors (Lipinski definition) is 3. The van der Waals surface area contributed by atoms with Crippen LogP contribution in [0.25, 0.3) is 16.6 Å². The quantitative estimate of drug-likeness (QED) is 0.775. The van der Waals surface area contributed by atoms with Gasteiger partial charge in [0.05, 0.1) is 17.2 Å². The zero-order valence-corrected chi connectivity index (χ0v) is 12.7. The predicted molar refractivity (Wildman–Crippen MR) is 86.9 cm³/mol. The van der Waals surface area contributed by atoms with E-state index in [1.54, 1.807) is 37.3 Å². The molecule has 122 valence electrons. The molecule has 0 aliphatic heterocycles. The van der Waals surface area contributed by atoms with Crippen molar-refractivity contribution in [2.75, 3.05) is 0 Å². The second kappa shape index (κ2) is 6.11. The van der Waals surface area contributed by atoms with Crippen LogP contribution in [0, 0.1) is 5.82 Å². The highest BCUT2D eigenvalue weighted by molar-refractivity contribution is 5.78. The monoisotopic (exact) mass is 327 g/mol. The lowest BCUT2D eigenvalue weighted by Gasteiger charge is -2.18. The number of carboxylic acid groups (broad SMARTS) is 1. The summed E-state index contributed by atoms with van der Waals surface area (Å²) in [6.07, 6.45) is -1.24. The topological polar surface area (TPSA) is 84.2 Å². The van der Waals surface area contributed by atoms with Gasteiger partial charge in [0.15, 0.2) is 0 Å².